The lowest BCUT2D eigenvalue weighted by Crippen LogP contribution is -2.74. The van der Waals surface area contributed by atoms with Crippen LogP contribution < -0.4 is 25.6 Å². The lowest BCUT2D eigenvalue weighted by molar-refractivity contribution is 0.623. The molecular weight excluding hydrogens is 773 g/mol. The zero-order valence-electron chi connectivity index (χ0n) is 33.7. The number of hydrogen-bond donors (Lipinski definition) is 0. The van der Waals surface area contributed by atoms with Gasteiger partial charge in [0.2, 0.25) is 5.89 Å². The number of para-hydroxylation sites is 1. The molecule has 5 heteroatoms. The Hall–Kier alpha value is -7.99. The third-order valence-corrected chi connectivity index (χ3v) is 17.2. The molecule has 2 aromatic heterocycles. The molecule has 0 radical (unpaired) electrons. The molecule has 0 unspecified atom stereocenters. The molecular formula is C57H38N2O2Si. The lowest BCUT2D eigenvalue weighted by atomic mass is 10.00. The van der Waals surface area contributed by atoms with Gasteiger partial charge >= 0.3 is 0 Å². The summed E-state index contributed by atoms with van der Waals surface area (Å²) in [5.74, 6) is 0.614. The second-order valence-corrected chi connectivity index (χ2v) is 19.7. The zero-order valence-corrected chi connectivity index (χ0v) is 34.7. The molecule has 2 heterocycles. The van der Waals surface area contributed by atoms with Gasteiger partial charge in [-0.3, -0.25) is 0 Å². The smallest absolute Gasteiger partial charge is 0.227 e. The largest absolute Gasteiger partial charge is 0.456 e. The Morgan fingerprint density at radius 3 is 1.58 bits per heavy atom. The van der Waals surface area contributed by atoms with E-state index in [4.69, 9.17) is 13.8 Å². The maximum Gasteiger partial charge on any atom is 0.227 e. The fourth-order valence-electron chi connectivity index (χ4n) is 9.58. The Morgan fingerprint density at radius 1 is 0.371 bits per heavy atom. The molecule has 62 heavy (non-hydrogen) atoms. The van der Waals surface area contributed by atoms with Crippen LogP contribution in [0.2, 0.25) is 0 Å². The highest BCUT2D eigenvalue weighted by atomic mass is 28.3. The quantitative estimate of drug-likeness (QED) is 0.0871. The fraction of sp³-hybridized carbons (Fsp3) is 0. The minimum Gasteiger partial charge on any atom is -0.456 e. The Balaban J connectivity index is 1.08. The number of aromatic nitrogens is 1. The normalized spacial score (nSPS) is 11.9. The molecule has 10 aromatic carbocycles. The van der Waals surface area contributed by atoms with E-state index in [0.29, 0.717) is 5.89 Å². The van der Waals surface area contributed by atoms with E-state index in [1.807, 2.05) is 42.5 Å². The molecule has 12 aromatic rings. The van der Waals surface area contributed by atoms with Crippen molar-refractivity contribution in [2.75, 3.05) is 4.90 Å². The number of nitrogens with zero attached hydrogens (tertiary/aromatic N) is 2. The van der Waals surface area contributed by atoms with Gasteiger partial charge in [-0.15, -0.1) is 0 Å². The van der Waals surface area contributed by atoms with Gasteiger partial charge in [0.05, 0.1) is 0 Å². The Bertz CT molecular complexity index is 3470. The van der Waals surface area contributed by atoms with Crippen molar-refractivity contribution in [2.24, 2.45) is 0 Å². The molecule has 0 aliphatic carbocycles. The van der Waals surface area contributed by atoms with Crippen molar-refractivity contribution in [3.05, 3.63) is 231 Å². The predicted octanol–water partition coefficient (Wildman–Crippen LogP) is 12.5. The number of benzene rings is 10. The van der Waals surface area contributed by atoms with Gasteiger partial charge in [0.1, 0.15) is 16.7 Å². The van der Waals surface area contributed by atoms with Crippen LogP contribution in [0.25, 0.3) is 66.0 Å². The topological polar surface area (TPSA) is 42.4 Å². The number of hydrogen-bond acceptors (Lipinski definition) is 4. The van der Waals surface area contributed by atoms with Gasteiger partial charge in [0, 0.05) is 44.9 Å². The number of rotatable bonds is 8. The van der Waals surface area contributed by atoms with Crippen molar-refractivity contribution in [3.8, 4) is 11.5 Å². The minimum absolute atomic E-state index is 0.614. The lowest BCUT2D eigenvalue weighted by Gasteiger charge is -2.35. The van der Waals surface area contributed by atoms with Crippen molar-refractivity contribution < 1.29 is 8.83 Å². The SMILES string of the molecule is c1ccc(-c2nc3ccc4ccc5ccc(N(c6ccc([Si](c7ccccc7)(c7ccccc7)c7ccccc7)cc6)c6ccc7c(c6)oc6ccccc67)cc5c4c3o2)cc1. The second-order valence-electron chi connectivity index (χ2n) is 15.9. The molecule has 4 nitrogen and oxygen atoms in total. The Labute approximate surface area is 359 Å². The van der Waals surface area contributed by atoms with Gasteiger partial charge in [0.25, 0.3) is 0 Å². The second kappa shape index (κ2) is 14.6. The number of furan rings is 1. The van der Waals surface area contributed by atoms with Gasteiger partial charge in [-0.1, -0.05) is 164 Å². The van der Waals surface area contributed by atoms with E-state index in [0.717, 1.165) is 77.2 Å². The van der Waals surface area contributed by atoms with Crippen LogP contribution in [0.3, 0.4) is 0 Å². The van der Waals surface area contributed by atoms with E-state index in [1.165, 1.54) is 20.7 Å². The molecule has 0 saturated carbocycles. The third kappa shape index (κ3) is 5.78. The van der Waals surface area contributed by atoms with Crippen LogP contribution in [-0.4, -0.2) is 13.1 Å². The summed E-state index contributed by atoms with van der Waals surface area (Å²) >= 11 is 0. The Kier molecular flexibility index (Phi) is 8.47. The number of anilines is 3. The number of fused-ring (bicyclic) bond motifs is 8. The summed E-state index contributed by atoms with van der Waals surface area (Å²) in [6.45, 7) is 0. The summed E-state index contributed by atoms with van der Waals surface area (Å²) < 4.78 is 13.1. The highest BCUT2D eigenvalue weighted by molar-refractivity contribution is 7.19. The third-order valence-electron chi connectivity index (χ3n) is 12.4. The van der Waals surface area contributed by atoms with Gasteiger partial charge < -0.3 is 13.7 Å². The van der Waals surface area contributed by atoms with E-state index in [1.54, 1.807) is 0 Å². The minimum atomic E-state index is -2.74. The molecule has 0 aliphatic rings. The molecule has 0 spiro atoms. The highest BCUT2D eigenvalue weighted by Gasteiger charge is 2.41. The van der Waals surface area contributed by atoms with Crippen molar-refractivity contribution in [1.82, 2.24) is 4.98 Å². The van der Waals surface area contributed by atoms with Gasteiger partial charge in [0.15, 0.2) is 13.7 Å². The van der Waals surface area contributed by atoms with Gasteiger partial charge in [-0.05, 0) is 97.6 Å². The maximum absolute atomic E-state index is 6.64. The van der Waals surface area contributed by atoms with Crippen LogP contribution in [0.1, 0.15) is 0 Å². The summed E-state index contributed by atoms with van der Waals surface area (Å²) in [7, 11) is -2.74. The molecule has 0 aliphatic heterocycles. The molecule has 0 atom stereocenters. The maximum atomic E-state index is 6.64. The van der Waals surface area contributed by atoms with E-state index in [2.05, 4.69) is 193 Å². The summed E-state index contributed by atoms with van der Waals surface area (Å²) in [4.78, 5) is 7.30. The summed E-state index contributed by atoms with van der Waals surface area (Å²) in [6, 6.07) is 82.8. The molecule has 0 fully saturated rings. The fourth-order valence-corrected chi connectivity index (χ4v) is 14.3. The highest BCUT2D eigenvalue weighted by Crippen LogP contribution is 2.42. The van der Waals surface area contributed by atoms with E-state index < -0.39 is 8.07 Å². The summed E-state index contributed by atoms with van der Waals surface area (Å²) in [5, 5.41) is 11.9. The van der Waals surface area contributed by atoms with Crippen molar-refractivity contribution in [1.29, 1.82) is 0 Å². The standard InChI is InChI=1S/C57H38N2O2Si/c1-5-15-41(16-6-1)57-58-52-36-28-40-26-25-39-27-29-43(37-51(39)55(40)56(52)61-57)59(44-32-35-50-49-23-13-14-24-53(49)60-54(50)38-44)42-30-33-48(34-31-42)62(45-17-7-2-8-18-45,46-19-9-3-10-20-46)47-21-11-4-12-22-47/h1-38H. The Morgan fingerprint density at radius 2 is 0.887 bits per heavy atom. The van der Waals surface area contributed by atoms with Crippen LogP contribution >= 0.6 is 0 Å². The van der Waals surface area contributed by atoms with Crippen molar-refractivity contribution in [2.45, 2.75) is 0 Å². The van der Waals surface area contributed by atoms with Crippen molar-refractivity contribution >= 4 is 100 Å². The predicted molar refractivity (Wildman–Crippen MR) is 260 cm³/mol. The summed E-state index contributed by atoms with van der Waals surface area (Å²) in [6.07, 6.45) is 0. The molecule has 0 saturated heterocycles. The van der Waals surface area contributed by atoms with Crippen LogP contribution in [0.5, 0.6) is 0 Å². The molecule has 12 rings (SSSR count). The van der Waals surface area contributed by atoms with Crippen molar-refractivity contribution in [3.63, 3.8) is 0 Å². The van der Waals surface area contributed by atoms with E-state index in [9.17, 15) is 0 Å². The monoisotopic (exact) mass is 810 g/mol. The first-order valence-electron chi connectivity index (χ1n) is 21.0. The average molecular weight is 811 g/mol. The number of oxazole rings is 1. The van der Waals surface area contributed by atoms with E-state index >= 15 is 0 Å². The first-order chi connectivity index (χ1) is 30.7. The molecule has 0 amide bonds. The molecule has 0 bridgehead atoms. The van der Waals surface area contributed by atoms with Crippen LogP contribution in [-0.2, 0) is 0 Å². The van der Waals surface area contributed by atoms with Gasteiger partial charge in [-0.25, -0.2) is 4.98 Å². The first kappa shape index (κ1) is 35.9. The molecule has 0 N–H and O–H groups in total. The van der Waals surface area contributed by atoms with Gasteiger partial charge in [-0.2, -0.15) is 0 Å². The molecule has 292 valence electrons. The van der Waals surface area contributed by atoms with Crippen LogP contribution in [0, 0.1) is 0 Å². The average Bonchev–Trinajstić information content (AvgIpc) is 3.96. The van der Waals surface area contributed by atoms with Crippen LogP contribution in [0.4, 0.5) is 17.1 Å². The first-order valence-corrected chi connectivity index (χ1v) is 23.0. The van der Waals surface area contributed by atoms with E-state index in [-0.39, 0.29) is 0 Å². The van der Waals surface area contributed by atoms with Crippen LogP contribution in [0.15, 0.2) is 239 Å². The zero-order chi connectivity index (χ0) is 41.0. The summed E-state index contributed by atoms with van der Waals surface area (Å²) in [5.41, 5.74) is 7.35.